The molecule has 1 atom stereocenters. The quantitative estimate of drug-likeness (QED) is 0.208. The van der Waals surface area contributed by atoms with Crippen LogP contribution in [-0.2, 0) is 19.4 Å². The van der Waals surface area contributed by atoms with Crippen LogP contribution in [0.3, 0.4) is 0 Å². The van der Waals surface area contributed by atoms with E-state index in [1.54, 1.807) is 25.4 Å². The Morgan fingerprint density at radius 1 is 1.16 bits per heavy atom. The van der Waals surface area contributed by atoms with Crippen molar-refractivity contribution in [1.82, 2.24) is 10.3 Å². The normalized spacial score (nSPS) is 15.5. The third-order valence-corrected chi connectivity index (χ3v) is 11.2. The van der Waals surface area contributed by atoms with Gasteiger partial charge in [-0.3, -0.25) is 0 Å². The number of hydrogen-bond acceptors (Lipinski definition) is 5. The fraction of sp³-hybridized carbons (Fsp3) is 0.250. The number of ether oxygens (including phenoxy) is 1. The zero-order valence-corrected chi connectivity index (χ0v) is 20.7. The Bertz CT molecular complexity index is 1090. The zero-order chi connectivity index (χ0) is 22.5. The molecule has 1 heterocycles. The van der Waals surface area contributed by atoms with Gasteiger partial charge in [0.05, 0.1) is 0 Å². The Hall–Kier alpha value is -2.36. The number of nitrogens with one attached hydrogen (secondary N) is 2. The van der Waals surface area contributed by atoms with Crippen molar-refractivity contribution in [3.05, 3.63) is 83.2 Å². The van der Waals surface area contributed by atoms with Gasteiger partial charge in [0.2, 0.25) is 0 Å². The number of rotatable bonds is 7. The number of amides is 1. The molecule has 0 saturated carbocycles. The number of hydrogen-bond donors (Lipinski definition) is 3. The number of nitrogens with zero attached hydrogens (tertiary/aromatic N) is 1. The Morgan fingerprint density at radius 3 is 2.69 bits per heavy atom. The first-order chi connectivity index (χ1) is 15.6. The molecule has 1 aliphatic carbocycles. The van der Waals surface area contributed by atoms with E-state index in [4.69, 9.17) is 19.4 Å². The van der Waals surface area contributed by atoms with Crippen molar-refractivity contribution in [2.45, 2.75) is 29.7 Å². The molecular weight excluding hydrogens is 539 g/mol. The molecule has 0 spiro atoms. The van der Waals surface area contributed by atoms with Crippen LogP contribution in [0.15, 0.2) is 60.8 Å². The summed E-state index contributed by atoms with van der Waals surface area (Å²) in [5.74, 6) is 1.09. The third-order valence-electron chi connectivity index (χ3n) is 5.43. The van der Waals surface area contributed by atoms with Gasteiger partial charge in [-0.25, -0.2) is 0 Å². The second kappa shape index (κ2) is 10.5. The van der Waals surface area contributed by atoms with Crippen LogP contribution < -0.4 is 19.3 Å². The average Bonchev–Trinajstić information content (AvgIpc) is 2.83. The maximum absolute atomic E-state index is 11.8. The van der Waals surface area contributed by atoms with Crippen LogP contribution in [0.25, 0.3) is 0 Å². The van der Waals surface area contributed by atoms with E-state index in [1.807, 2.05) is 18.2 Å². The predicted octanol–water partition coefficient (Wildman–Crippen LogP) is 5.24. The summed E-state index contributed by atoms with van der Waals surface area (Å²) in [6.07, 6.45) is 4.62. The second-order valence-electron chi connectivity index (χ2n) is 7.59. The standard InChI is InChI=1S/C24H26ClIN4O2/c1-28-24(31)23-14-22(10-11-29-23)32-21-9-5-17-4-6-19(12-18(17)13-21)26(25)30-20-7-2-16(15-27)3-8-20/h2-3,5,7-11,13-14,19,30H,4,6,12,15,27H2,1H3,(H,28,31). The summed E-state index contributed by atoms with van der Waals surface area (Å²) in [4.78, 5) is 15.9. The summed E-state index contributed by atoms with van der Waals surface area (Å²) < 4.78 is 10.1. The Labute approximate surface area is 199 Å². The number of carbonyl (C=O) groups is 1. The van der Waals surface area contributed by atoms with Crippen molar-refractivity contribution in [1.29, 1.82) is 0 Å². The first-order valence-corrected chi connectivity index (χ1v) is 15.5. The van der Waals surface area contributed by atoms with Crippen molar-refractivity contribution in [3.8, 4) is 11.5 Å². The molecule has 1 aliphatic rings. The minimum atomic E-state index is -1.90. The van der Waals surface area contributed by atoms with Gasteiger partial charge in [0.15, 0.2) is 0 Å². The molecule has 6 nitrogen and oxygen atoms in total. The van der Waals surface area contributed by atoms with E-state index in [0.717, 1.165) is 36.3 Å². The van der Waals surface area contributed by atoms with Gasteiger partial charge in [-0.05, 0) is 0 Å². The van der Waals surface area contributed by atoms with Crippen LogP contribution >= 0.6 is 27.9 Å². The molecule has 4 N–H and O–H groups in total. The number of fused-ring (bicyclic) bond motifs is 1. The molecule has 4 rings (SSSR count). The minimum absolute atomic E-state index is 0.243. The van der Waals surface area contributed by atoms with Gasteiger partial charge in [-0.1, -0.05) is 0 Å². The topological polar surface area (TPSA) is 89.3 Å². The first-order valence-electron chi connectivity index (χ1n) is 10.4. The van der Waals surface area contributed by atoms with E-state index in [0.29, 0.717) is 21.9 Å². The average molecular weight is 565 g/mol. The first kappa shape index (κ1) is 22.8. The summed E-state index contributed by atoms with van der Waals surface area (Å²) in [5, 5.41) is 2.57. The summed E-state index contributed by atoms with van der Waals surface area (Å²) in [7, 11) is 8.49. The van der Waals surface area contributed by atoms with E-state index < -0.39 is 19.0 Å². The van der Waals surface area contributed by atoms with Crippen LogP contribution in [0.1, 0.15) is 33.6 Å². The number of halogens is 2. The Morgan fingerprint density at radius 2 is 1.94 bits per heavy atom. The number of aromatic nitrogens is 1. The predicted molar refractivity (Wildman–Crippen MR) is 138 cm³/mol. The van der Waals surface area contributed by atoms with Crippen LogP contribution in [0, 0.1) is 0 Å². The summed E-state index contributed by atoms with van der Waals surface area (Å²) in [6.45, 7) is 0.542. The van der Waals surface area contributed by atoms with Crippen molar-refractivity contribution in [3.63, 3.8) is 0 Å². The number of pyridine rings is 1. The molecule has 1 amide bonds. The van der Waals surface area contributed by atoms with Crippen LogP contribution in [0.4, 0.5) is 5.69 Å². The van der Waals surface area contributed by atoms with Crippen LogP contribution in [0.2, 0.25) is 0 Å². The van der Waals surface area contributed by atoms with Crippen molar-refractivity contribution < 1.29 is 9.53 Å². The number of alkyl halides is 1. The number of anilines is 1. The Balaban J connectivity index is 1.44. The number of carbonyl (C=O) groups excluding carboxylic acids is 1. The zero-order valence-electron chi connectivity index (χ0n) is 17.8. The molecule has 0 fully saturated rings. The van der Waals surface area contributed by atoms with Crippen molar-refractivity contribution in [2.24, 2.45) is 5.73 Å². The van der Waals surface area contributed by atoms with Gasteiger partial charge in [0.25, 0.3) is 0 Å². The number of aryl methyl sites for hydroxylation is 1. The van der Waals surface area contributed by atoms with Gasteiger partial charge < -0.3 is 0 Å². The van der Waals surface area contributed by atoms with E-state index in [2.05, 4.69) is 38.1 Å². The number of benzene rings is 2. The molecular formula is C24H26ClIN4O2. The van der Waals surface area contributed by atoms with Gasteiger partial charge in [-0.2, -0.15) is 0 Å². The van der Waals surface area contributed by atoms with Crippen molar-refractivity contribution in [2.75, 3.05) is 10.6 Å². The molecule has 3 aromatic rings. The van der Waals surface area contributed by atoms with E-state index in [1.165, 1.54) is 11.1 Å². The van der Waals surface area contributed by atoms with E-state index >= 15 is 0 Å². The number of nitrogens with two attached hydrogens (primary N) is 1. The molecule has 0 radical (unpaired) electrons. The monoisotopic (exact) mass is 564 g/mol. The third kappa shape index (κ3) is 5.51. The van der Waals surface area contributed by atoms with Gasteiger partial charge in [-0.15, -0.1) is 0 Å². The molecule has 0 saturated heterocycles. The molecule has 0 aliphatic heterocycles. The van der Waals surface area contributed by atoms with E-state index in [-0.39, 0.29) is 5.91 Å². The summed E-state index contributed by atoms with van der Waals surface area (Å²) in [6, 6.07) is 17.8. The summed E-state index contributed by atoms with van der Waals surface area (Å²) >= 11 is -1.90. The molecule has 32 heavy (non-hydrogen) atoms. The van der Waals surface area contributed by atoms with E-state index in [9.17, 15) is 4.79 Å². The molecule has 1 aromatic heterocycles. The fourth-order valence-electron chi connectivity index (χ4n) is 3.66. The van der Waals surface area contributed by atoms with Crippen LogP contribution in [0.5, 0.6) is 11.5 Å². The molecule has 1 unspecified atom stereocenters. The molecule has 0 bridgehead atoms. The summed E-state index contributed by atoms with van der Waals surface area (Å²) in [5.41, 5.74) is 10.8. The van der Waals surface area contributed by atoms with Gasteiger partial charge in [0.1, 0.15) is 0 Å². The van der Waals surface area contributed by atoms with Crippen molar-refractivity contribution >= 4 is 39.5 Å². The second-order valence-corrected chi connectivity index (χ2v) is 13.5. The maximum atomic E-state index is 11.8. The molecule has 168 valence electrons. The van der Waals surface area contributed by atoms with Gasteiger partial charge >= 0.3 is 200 Å². The Kier molecular flexibility index (Phi) is 7.49. The molecule has 8 heteroatoms. The molecule has 2 aromatic carbocycles. The van der Waals surface area contributed by atoms with Crippen LogP contribution in [-0.4, -0.2) is 21.9 Å². The fourth-order valence-corrected chi connectivity index (χ4v) is 8.28. The SMILES string of the molecule is CNC(=O)c1cc(Oc2ccc3c(c2)CC(I(Cl)Nc2ccc(CN)cc2)CC3)ccn1. The van der Waals surface area contributed by atoms with Gasteiger partial charge in [0, 0.05) is 0 Å².